The SMILES string of the molecule is CCc1ccc(NS(=O)(=O)c2cc(C(F)(F)F)ccc2O)c(C(=O)OC)c1. The zero-order valence-electron chi connectivity index (χ0n) is 14.3. The number of phenols is 1. The van der Waals surface area contributed by atoms with Crippen LogP contribution in [0.2, 0.25) is 0 Å². The normalized spacial score (nSPS) is 11.9. The molecule has 2 aromatic rings. The van der Waals surface area contributed by atoms with Crippen molar-refractivity contribution in [3.63, 3.8) is 0 Å². The smallest absolute Gasteiger partial charge is 0.416 e. The first-order chi connectivity index (χ1) is 12.5. The third-order valence-corrected chi connectivity index (χ3v) is 5.11. The zero-order chi connectivity index (χ0) is 20.4. The Morgan fingerprint density at radius 2 is 1.85 bits per heavy atom. The van der Waals surface area contributed by atoms with Gasteiger partial charge in [-0.15, -0.1) is 0 Å². The Kier molecular flexibility index (Phi) is 5.69. The second-order valence-corrected chi connectivity index (χ2v) is 7.16. The van der Waals surface area contributed by atoms with Gasteiger partial charge in [0.1, 0.15) is 10.6 Å². The minimum atomic E-state index is -4.79. The van der Waals surface area contributed by atoms with Crippen molar-refractivity contribution in [3.8, 4) is 5.75 Å². The van der Waals surface area contributed by atoms with Crippen molar-refractivity contribution in [2.24, 2.45) is 0 Å². The summed E-state index contributed by atoms with van der Waals surface area (Å²) in [6, 6.07) is 5.78. The number of carbonyl (C=O) groups excluding carboxylic acids is 1. The highest BCUT2D eigenvalue weighted by Crippen LogP contribution is 2.35. The molecule has 0 aliphatic carbocycles. The minimum absolute atomic E-state index is 0.105. The van der Waals surface area contributed by atoms with Crippen LogP contribution in [0.25, 0.3) is 0 Å². The molecule has 10 heteroatoms. The lowest BCUT2D eigenvalue weighted by Gasteiger charge is -2.15. The summed E-state index contributed by atoms with van der Waals surface area (Å²) >= 11 is 0. The van der Waals surface area contributed by atoms with E-state index >= 15 is 0 Å². The van der Waals surface area contributed by atoms with Gasteiger partial charge in [-0.1, -0.05) is 13.0 Å². The first-order valence-electron chi connectivity index (χ1n) is 7.64. The predicted octanol–water partition coefficient (Wildman–Crippen LogP) is 3.56. The van der Waals surface area contributed by atoms with E-state index < -0.39 is 38.4 Å². The molecule has 0 saturated heterocycles. The van der Waals surface area contributed by atoms with Crippen molar-refractivity contribution in [2.75, 3.05) is 11.8 Å². The molecule has 0 amide bonds. The summed E-state index contributed by atoms with van der Waals surface area (Å²) in [7, 11) is -3.51. The van der Waals surface area contributed by atoms with Gasteiger partial charge >= 0.3 is 12.1 Å². The maximum absolute atomic E-state index is 12.9. The Hall–Kier alpha value is -2.75. The lowest BCUT2D eigenvalue weighted by Crippen LogP contribution is -2.17. The highest BCUT2D eigenvalue weighted by Gasteiger charge is 2.33. The van der Waals surface area contributed by atoms with Gasteiger partial charge in [-0.3, -0.25) is 4.72 Å². The van der Waals surface area contributed by atoms with E-state index in [0.29, 0.717) is 24.6 Å². The Balaban J connectivity index is 2.53. The highest BCUT2D eigenvalue weighted by atomic mass is 32.2. The van der Waals surface area contributed by atoms with E-state index in [2.05, 4.69) is 4.74 Å². The number of halogens is 3. The molecule has 0 aromatic heterocycles. The van der Waals surface area contributed by atoms with E-state index in [0.717, 1.165) is 12.7 Å². The lowest BCUT2D eigenvalue weighted by atomic mass is 10.1. The molecule has 0 spiro atoms. The molecule has 0 bridgehead atoms. The van der Waals surface area contributed by atoms with Gasteiger partial charge in [0.05, 0.1) is 23.9 Å². The molecule has 2 aromatic carbocycles. The molecule has 6 nitrogen and oxygen atoms in total. The Labute approximate surface area is 153 Å². The summed E-state index contributed by atoms with van der Waals surface area (Å²) in [6.45, 7) is 1.82. The van der Waals surface area contributed by atoms with E-state index in [1.807, 2.05) is 11.6 Å². The van der Waals surface area contributed by atoms with Crippen LogP contribution in [0.5, 0.6) is 5.75 Å². The molecule has 0 atom stereocenters. The third kappa shape index (κ3) is 4.51. The highest BCUT2D eigenvalue weighted by molar-refractivity contribution is 7.92. The van der Waals surface area contributed by atoms with E-state index in [1.165, 1.54) is 12.1 Å². The van der Waals surface area contributed by atoms with Crippen LogP contribution in [-0.2, 0) is 27.4 Å². The number of anilines is 1. The number of hydrogen-bond donors (Lipinski definition) is 2. The number of rotatable bonds is 5. The Morgan fingerprint density at radius 1 is 1.19 bits per heavy atom. The number of ether oxygens (including phenoxy) is 1. The summed E-state index contributed by atoms with van der Waals surface area (Å²) in [5, 5.41) is 9.74. The molecule has 0 radical (unpaired) electrons. The van der Waals surface area contributed by atoms with Crippen molar-refractivity contribution in [2.45, 2.75) is 24.4 Å². The Morgan fingerprint density at radius 3 is 2.41 bits per heavy atom. The quantitative estimate of drug-likeness (QED) is 0.745. The number of aryl methyl sites for hydroxylation is 1. The van der Waals surface area contributed by atoms with Crippen molar-refractivity contribution in [1.29, 1.82) is 0 Å². The fourth-order valence-corrected chi connectivity index (χ4v) is 3.49. The summed E-state index contributed by atoms with van der Waals surface area (Å²) in [5.74, 6) is -1.68. The van der Waals surface area contributed by atoms with E-state index in [4.69, 9.17) is 0 Å². The number of hydrogen-bond acceptors (Lipinski definition) is 5. The van der Waals surface area contributed by atoms with Crippen LogP contribution in [0.1, 0.15) is 28.4 Å². The summed E-state index contributed by atoms with van der Waals surface area (Å²) in [6.07, 6.45) is -4.23. The van der Waals surface area contributed by atoms with Crippen LogP contribution in [-0.4, -0.2) is 26.6 Å². The van der Waals surface area contributed by atoms with E-state index in [9.17, 15) is 31.5 Å². The van der Waals surface area contributed by atoms with Crippen LogP contribution in [0.4, 0.5) is 18.9 Å². The molecule has 2 rings (SSSR count). The molecular formula is C17H16F3NO5S. The lowest BCUT2D eigenvalue weighted by molar-refractivity contribution is -0.137. The van der Waals surface area contributed by atoms with Crippen molar-refractivity contribution in [3.05, 3.63) is 53.1 Å². The van der Waals surface area contributed by atoms with Gasteiger partial charge in [0.2, 0.25) is 0 Å². The number of methoxy groups -OCH3 is 1. The molecule has 0 saturated carbocycles. The number of aromatic hydroxyl groups is 1. The fourth-order valence-electron chi connectivity index (χ4n) is 2.28. The summed E-state index contributed by atoms with van der Waals surface area (Å²) < 4.78 is 70.3. The zero-order valence-corrected chi connectivity index (χ0v) is 15.1. The molecule has 2 N–H and O–H groups in total. The van der Waals surface area contributed by atoms with Crippen molar-refractivity contribution in [1.82, 2.24) is 0 Å². The van der Waals surface area contributed by atoms with E-state index in [1.54, 1.807) is 6.07 Å². The number of carbonyl (C=O) groups is 1. The van der Waals surface area contributed by atoms with Crippen LogP contribution in [0, 0.1) is 0 Å². The molecule has 27 heavy (non-hydrogen) atoms. The molecule has 146 valence electrons. The van der Waals surface area contributed by atoms with Gasteiger partial charge < -0.3 is 9.84 Å². The number of nitrogens with one attached hydrogen (secondary N) is 1. The first kappa shape index (κ1) is 20.6. The van der Waals surface area contributed by atoms with Crippen LogP contribution >= 0.6 is 0 Å². The second kappa shape index (κ2) is 7.47. The first-order valence-corrected chi connectivity index (χ1v) is 9.12. The molecule has 0 heterocycles. The van der Waals surface area contributed by atoms with Gasteiger partial charge in [-0.2, -0.15) is 13.2 Å². The van der Waals surface area contributed by atoms with Gasteiger partial charge in [-0.25, -0.2) is 13.2 Å². The van der Waals surface area contributed by atoms with Crippen molar-refractivity contribution < 1.29 is 36.2 Å². The maximum atomic E-state index is 12.9. The van der Waals surface area contributed by atoms with Crippen molar-refractivity contribution >= 4 is 21.7 Å². The number of benzene rings is 2. The number of alkyl halides is 3. The maximum Gasteiger partial charge on any atom is 0.416 e. The molecule has 0 unspecified atom stereocenters. The van der Waals surface area contributed by atoms with Gasteiger partial charge in [0.15, 0.2) is 0 Å². The van der Waals surface area contributed by atoms with Gasteiger partial charge in [-0.05, 0) is 42.3 Å². The average Bonchev–Trinajstić information content (AvgIpc) is 2.60. The number of esters is 1. The molecular weight excluding hydrogens is 387 g/mol. The monoisotopic (exact) mass is 403 g/mol. The molecule has 0 aliphatic rings. The fraction of sp³-hybridized carbons (Fsp3) is 0.235. The van der Waals surface area contributed by atoms with E-state index in [-0.39, 0.29) is 11.3 Å². The standard InChI is InChI=1S/C17H16F3NO5S/c1-3-10-4-6-13(12(8-10)16(23)26-2)21-27(24,25)15-9-11(17(18,19)20)5-7-14(15)22/h4-9,21-22H,3H2,1-2H3. The summed E-state index contributed by atoms with van der Waals surface area (Å²) in [4.78, 5) is 11.0. The Bertz CT molecular complexity index is 971. The predicted molar refractivity (Wildman–Crippen MR) is 91.1 cm³/mol. The van der Waals surface area contributed by atoms with Gasteiger partial charge in [0, 0.05) is 0 Å². The third-order valence-electron chi connectivity index (χ3n) is 3.72. The van der Waals surface area contributed by atoms with Crippen LogP contribution in [0.15, 0.2) is 41.3 Å². The summed E-state index contributed by atoms with van der Waals surface area (Å²) in [5.41, 5.74) is -0.807. The molecule has 0 fully saturated rings. The van der Waals surface area contributed by atoms with Crippen LogP contribution < -0.4 is 4.72 Å². The molecule has 0 aliphatic heterocycles. The number of phenolic OH excluding ortho intramolecular Hbond substituents is 1. The minimum Gasteiger partial charge on any atom is -0.507 e. The van der Waals surface area contributed by atoms with Gasteiger partial charge in [0.25, 0.3) is 10.0 Å². The topological polar surface area (TPSA) is 92.7 Å². The largest absolute Gasteiger partial charge is 0.507 e. The second-order valence-electron chi connectivity index (χ2n) is 5.51. The number of sulfonamides is 1. The average molecular weight is 403 g/mol. The van der Waals surface area contributed by atoms with Crippen LogP contribution in [0.3, 0.4) is 0 Å².